The van der Waals surface area contributed by atoms with Crippen LogP contribution in [0.5, 0.6) is 0 Å². The van der Waals surface area contributed by atoms with Gasteiger partial charge in [0, 0.05) is 32.0 Å². The minimum Gasteiger partial charge on any atom is -0.338 e. The number of carbonyl (C=O) groups is 1. The molecule has 5 heteroatoms. The summed E-state index contributed by atoms with van der Waals surface area (Å²) in [6, 6.07) is 3.99. The highest BCUT2D eigenvalue weighted by Crippen LogP contribution is 2.24. The van der Waals surface area contributed by atoms with Crippen LogP contribution in [0.2, 0.25) is 0 Å². The molecule has 0 N–H and O–H groups in total. The van der Waals surface area contributed by atoms with Crippen molar-refractivity contribution in [3.8, 4) is 0 Å². The van der Waals surface area contributed by atoms with E-state index < -0.39 is 0 Å². The lowest BCUT2D eigenvalue weighted by molar-refractivity contribution is 0.0688. The first-order valence-corrected chi connectivity index (χ1v) is 8.43. The number of aromatic nitrogens is 2. The van der Waals surface area contributed by atoms with Gasteiger partial charge in [-0.2, -0.15) is 5.10 Å². The number of thiophene rings is 1. The first kappa shape index (κ1) is 14.3. The summed E-state index contributed by atoms with van der Waals surface area (Å²) in [6.07, 6.45) is 7.21. The van der Waals surface area contributed by atoms with Crippen LogP contribution in [0.3, 0.4) is 0 Å². The van der Waals surface area contributed by atoms with Gasteiger partial charge in [-0.15, -0.1) is 11.3 Å². The summed E-state index contributed by atoms with van der Waals surface area (Å²) in [5, 5.41) is 6.24. The molecule has 0 radical (unpaired) electrons. The smallest absolute Gasteiger partial charge is 0.264 e. The van der Waals surface area contributed by atoms with Gasteiger partial charge in [0.1, 0.15) is 0 Å². The van der Waals surface area contributed by atoms with Crippen LogP contribution in [0.15, 0.2) is 29.9 Å². The van der Waals surface area contributed by atoms with E-state index >= 15 is 0 Å². The molecule has 2 aromatic heterocycles. The second kappa shape index (κ2) is 6.43. The Hall–Kier alpha value is -1.62. The Bertz CT molecular complexity index is 582. The van der Waals surface area contributed by atoms with Gasteiger partial charge >= 0.3 is 0 Å². The maximum atomic E-state index is 12.5. The van der Waals surface area contributed by atoms with Crippen molar-refractivity contribution in [2.75, 3.05) is 13.1 Å². The number of piperidine rings is 1. The van der Waals surface area contributed by atoms with Crippen LogP contribution in [0.4, 0.5) is 0 Å². The number of amides is 1. The van der Waals surface area contributed by atoms with Gasteiger partial charge in [-0.3, -0.25) is 9.48 Å². The van der Waals surface area contributed by atoms with Gasteiger partial charge in [-0.25, -0.2) is 0 Å². The molecule has 0 spiro atoms. The minimum absolute atomic E-state index is 0.216. The molecule has 112 valence electrons. The molecule has 3 rings (SSSR count). The van der Waals surface area contributed by atoms with Crippen LogP contribution in [0.25, 0.3) is 0 Å². The zero-order chi connectivity index (χ0) is 14.7. The van der Waals surface area contributed by atoms with Crippen molar-refractivity contribution in [2.45, 2.75) is 32.7 Å². The monoisotopic (exact) mass is 303 g/mol. The average Bonchev–Trinajstić information content (AvgIpc) is 3.16. The Morgan fingerprint density at radius 2 is 2.24 bits per heavy atom. The van der Waals surface area contributed by atoms with Crippen molar-refractivity contribution in [1.82, 2.24) is 14.7 Å². The quantitative estimate of drug-likeness (QED) is 0.870. The van der Waals surface area contributed by atoms with Crippen molar-refractivity contribution in [1.29, 1.82) is 0 Å². The fourth-order valence-corrected chi connectivity index (χ4v) is 3.80. The van der Waals surface area contributed by atoms with E-state index in [-0.39, 0.29) is 5.91 Å². The van der Waals surface area contributed by atoms with E-state index in [1.54, 1.807) is 11.3 Å². The highest BCUT2D eigenvalue weighted by atomic mass is 32.1. The van der Waals surface area contributed by atoms with E-state index in [9.17, 15) is 4.79 Å². The Morgan fingerprint density at radius 1 is 1.43 bits per heavy atom. The molecular weight excluding hydrogens is 282 g/mol. The summed E-state index contributed by atoms with van der Waals surface area (Å²) in [5.41, 5.74) is 1.10. The van der Waals surface area contributed by atoms with Crippen molar-refractivity contribution in [3.63, 3.8) is 0 Å². The first-order valence-electron chi connectivity index (χ1n) is 7.55. The molecule has 4 nitrogen and oxygen atoms in total. The molecule has 0 unspecified atom stereocenters. The molecule has 0 aliphatic carbocycles. The highest BCUT2D eigenvalue weighted by molar-refractivity contribution is 7.12. The van der Waals surface area contributed by atoms with Crippen LogP contribution in [-0.4, -0.2) is 33.7 Å². The van der Waals surface area contributed by atoms with Crippen LogP contribution in [0, 0.1) is 12.8 Å². The Morgan fingerprint density at radius 3 is 2.86 bits per heavy atom. The molecule has 0 aromatic carbocycles. The molecular formula is C16H21N3OS. The number of aryl methyl sites for hydroxylation is 2. The summed E-state index contributed by atoms with van der Waals surface area (Å²) in [4.78, 5) is 15.4. The molecule has 3 heterocycles. The fourth-order valence-electron chi connectivity index (χ4n) is 2.91. The van der Waals surface area contributed by atoms with Gasteiger partial charge < -0.3 is 4.90 Å². The van der Waals surface area contributed by atoms with Gasteiger partial charge in [0.15, 0.2) is 0 Å². The standard InChI is InChI=1S/C16H21N3OS/c1-13-6-12-21-15(13)16(20)18-9-3-14(4-10-18)5-11-19-8-2-7-17-19/h2,6-8,12,14H,3-5,9-11H2,1H3. The number of hydrogen-bond acceptors (Lipinski definition) is 3. The predicted molar refractivity (Wildman–Crippen MR) is 84.5 cm³/mol. The van der Waals surface area contributed by atoms with Crippen LogP contribution >= 0.6 is 11.3 Å². The van der Waals surface area contributed by atoms with Gasteiger partial charge in [0.05, 0.1) is 4.88 Å². The molecule has 1 fully saturated rings. The van der Waals surface area contributed by atoms with Gasteiger partial charge in [-0.05, 0) is 55.2 Å². The zero-order valence-corrected chi connectivity index (χ0v) is 13.2. The zero-order valence-electron chi connectivity index (χ0n) is 12.4. The van der Waals surface area contributed by atoms with Crippen molar-refractivity contribution in [2.24, 2.45) is 5.92 Å². The largest absolute Gasteiger partial charge is 0.338 e. The third-order valence-electron chi connectivity index (χ3n) is 4.28. The lowest BCUT2D eigenvalue weighted by Gasteiger charge is -2.32. The number of likely N-dealkylation sites (tertiary alicyclic amines) is 1. The molecule has 0 saturated carbocycles. The minimum atomic E-state index is 0.216. The van der Waals surface area contributed by atoms with E-state index in [0.717, 1.165) is 49.3 Å². The lowest BCUT2D eigenvalue weighted by atomic mass is 9.93. The SMILES string of the molecule is Cc1ccsc1C(=O)N1CCC(CCn2cccn2)CC1. The molecule has 0 bridgehead atoms. The molecule has 1 amide bonds. The number of nitrogens with zero attached hydrogens (tertiary/aromatic N) is 3. The summed E-state index contributed by atoms with van der Waals surface area (Å²) in [7, 11) is 0. The van der Waals surface area contributed by atoms with E-state index in [0.29, 0.717) is 5.92 Å². The maximum Gasteiger partial charge on any atom is 0.264 e. The van der Waals surface area contributed by atoms with Crippen molar-refractivity contribution >= 4 is 17.2 Å². The molecule has 1 saturated heterocycles. The third kappa shape index (κ3) is 3.35. The average molecular weight is 303 g/mol. The normalized spacial score (nSPS) is 16.3. The van der Waals surface area contributed by atoms with Crippen LogP contribution in [0.1, 0.15) is 34.5 Å². The van der Waals surface area contributed by atoms with Gasteiger partial charge in [0.2, 0.25) is 0 Å². The fraction of sp³-hybridized carbons (Fsp3) is 0.500. The Kier molecular flexibility index (Phi) is 4.39. The highest BCUT2D eigenvalue weighted by Gasteiger charge is 2.24. The number of rotatable bonds is 4. The third-order valence-corrected chi connectivity index (χ3v) is 5.29. The molecule has 21 heavy (non-hydrogen) atoms. The van der Waals surface area contributed by atoms with Crippen molar-refractivity contribution in [3.05, 3.63) is 40.3 Å². The van der Waals surface area contributed by atoms with Crippen LogP contribution in [-0.2, 0) is 6.54 Å². The second-order valence-electron chi connectivity index (χ2n) is 5.73. The number of carbonyl (C=O) groups excluding carboxylic acids is 1. The second-order valence-corrected chi connectivity index (χ2v) is 6.64. The van der Waals surface area contributed by atoms with E-state index in [1.165, 1.54) is 0 Å². The van der Waals surface area contributed by atoms with Gasteiger partial charge in [0.25, 0.3) is 5.91 Å². The van der Waals surface area contributed by atoms with E-state index in [2.05, 4.69) is 5.10 Å². The Labute approximate surface area is 129 Å². The summed E-state index contributed by atoms with van der Waals surface area (Å²) >= 11 is 1.56. The summed E-state index contributed by atoms with van der Waals surface area (Å²) in [5.74, 6) is 0.927. The van der Waals surface area contributed by atoms with E-state index in [4.69, 9.17) is 0 Å². The topological polar surface area (TPSA) is 38.1 Å². The molecule has 1 aliphatic rings. The van der Waals surface area contributed by atoms with E-state index in [1.807, 2.05) is 46.4 Å². The van der Waals surface area contributed by atoms with Crippen molar-refractivity contribution < 1.29 is 4.79 Å². The lowest BCUT2D eigenvalue weighted by Crippen LogP contribution is -2.38. The predicted octanol–water partition coefficient (Wildman–Crippen LogP) is 3.20. The van der Waals surface area contributed by atoms with Gasteiger partial charge in [-0.1, -0.05) is 0 Å². The summed E-state index contributed by atoms with van der Waals surface area (Å²) in [6.45, 7) is 4.77. The maximum absolute atomic E-state index is 12.5. The first-order chi connectivity index (χ1) is 10.2. The molecule has 0 atom stereocenters. The molecule has 2 aromatic rings. The number of hydrogen-bond donors (Lipinski definition) is 0. The molecule has 1 aliphatic heterocycles. The Balaban J connectivity index is 1.49. The summed E-state index contributed by atoms with van der Waals surface area (Å²) < 4.78 is 1.99. The van der Waals surface area contributed by atoms with Crippen LogP contribution < -0.4 is 0 Å².